The number of carboxylic acid groups (broad SMARTS) is 1. The molecule has 0 aliphatic rings. The summed E-state index contributed by atoms with van der Waals surface area (Å²) < 4.78 is 0. The molecule has 0 saturated heterocycles. The SMILES string of the molecule is O=C(O)c1nc(-c2cncs2)sc1-c1ccccc1. The Morgan fingerprint density at radius 3 is 2.63 bits per heavy atom. The maximum Gasteiger partial charge on any atom is 0.356 e. The summed E-state index contributed by atoms with van der Waals surface area (Å²) in [7, 11) is 0. The lowest BCUT2D eigenvalue weighted by atomic mass is 10.1. The second-order valence-electron chi connectivity index (χ2n) is 3.73. The van der Waals surface area contributed by atoms with Crippen molar-refractivity contribution in [3.8, 4) is 20.3 Å². The molecule has 0 saturated carbocycles. The normalized spacial score (nSPS) is 10.5. The van der Waals surface area contributed by atoms with E-state index in [9.17, 15) is 9.90 Å². The van der Waals surface area contributed by atoms with Crippen molar-refractivity contribution in [3.63, 3.8) is 0 Å². The molecule has 0 fully saturated rings. The number of carboxylic acids is 1. The number of thiazole rings is 2. The van der Waals surface area contributed by atoms with Crippen LogP contribution in [0.5, 0.6) is 0 Å². The first-order chi connectivity index (χ1) is 9.25. The Labute approximate surface area is 117 Å². The fourth-order valence-corrected chi connectivity index (χ4v) is 3.42. The predicted octanol–water partition coefficient (Wildman–Crippen LogP) is 3.63. The van der Waals surface area contributed by atoms with Crippen molar-refractivity contribution in [2.24, 2.45) is 0 Å². The largest absolute Gasteiger partial charge is 0.476 e. The molecule has 3 aromatic rings. The Morgan fingerprint density at radius 2 is 2.00 bits per heavy atom. The standard InChI is InChI=1S/C13H8N2O2S2/c16-13(17)10-11(8-4-2-1-3-5-8)19-12(15-10)9-6-14-7-18-9/h1-7H,(H,16,17). The number of benzene rings is 1. The van der Waals surface area contributed by atoms with Crippen molar-refractivity contribution in [2.75, 3.05) is 0 Å². The van der Waals surface area contributed by atoms with Crippen molar-refractivity contribution in [2.45, 2.75) is 0 Å². The van der Waals surface area contributed by atoms with E-state index in [1.54, 1.807) is 11.7 Å². The van der Waals surface area contributed by atoms with Gasteiger partial charge in [0.25, 0.3) is 0 Å². The van der Waals surface area contributed by atoms with Crippen LogP contribution in [0.25, 0.3) is 20.3 Å². The van der Waals surface area contributed by atoms with E-state index in [4.69, 9.17) is 0 Å². The molecule has 0 atom stereocenters. The highest BCUT2D eigenvalue weighted by Gasteiger charge is 2.19. The average Bonchev–Trinajstić information content (AvgIpc) is 3.08. The van der Waals surface area contributed by atoms with Gasteiger partial charge in [0.2, 0.25) is 0 Å². The van der Waals surface area contributed by atoms with Gasteiger partial charge in [-0.3, -0.25) is 4.98 Å². The minimum Gasteiger partial charge on any atom is -0.476 e. The third kappa shape index (κ3) is 2.27. The lowest BCUT2D eigenvalue weighted by molar-refractivity contribution is 0.0692. The molecule has 4 nitrogen and oxygen atoms in total. The monoisotopic (exact) mass is 288 g/mol. The highest BCUT2D eigenvalue weighted by atomic mass is 32.1. The van der Waals surface area contributed by atoms with Crippen LogP contribution in [0, 0.1) is 0 Å². The van der Waals surface area contributed by atoms with Gasteiger partial charge in [-0.15, -0.1) is 22.7 Å². The topological polar surface area (TPSA) is 63.1 Å². The molecule has 1 aromatic carbocycles. The summed E-state index contributed by atoms with van der Waals surface area (Å²) in [4.78, 5) is 21.1. The first kappa shape index (κ1) is 12.0. The lowest BCUT2D eigenvalue weighted by Gasteiger charge is -1.97. The van der Waals surface area contributed by atoms with Crippen LogP contribution in [0.3, 0.4) is 0 Å². The Hall–Kier alpha value is -2.05. The fraction of sp³-hybridized carbons (Fsp3) is 0. The zero-order valence-corrected chi connectivity index (χ0v) is 11.2. The number of aromatic nitrogens is 2. The van der Waals surface area contributed by atoms with Gasteiger partial charge in [-0.1, -0.05) is 30.3 Å². The number of hydrogen-bond donors (Lipinski definition) is 1. The van der Waals surface area contributed by atoms with Crippen LogP contribution < -0.4 is 0 Å². The molecule has 6 heteroatoms. The summed E-state index contributed by atoms with van der Waals surface area (Å²) in [5, 5.41) is 9.96. The van der Waals surface area contributed by atoms with Crippen LogP contribution >= 0.6 is 22.7 Å². The van der Waals surface area contributed by atoms with Gasteiger partial charge in [0.1, 0.15) is 5.01 Å². The molecular weight excluding hydrogens is 280 g/mol. The van der Waals surface area contributed by atoms with Gasteiger partial charge < -0.3 is 5.11 Å². The summed E-state index contributed by atoms with van der Waals surface area (Å²) in [5.41, 5.74) is 2.67. The van der Waals surface area contributed by atoms with Crippen LogP contribution in [0.15, 0.2) is 42.0 Å². The summed E-state index contributed by atoms with van der Waals surface area (Å²) in [6.07, 6.45) is 1.70. The summed E-state index contributed by atoms with van der Waals surface area (Å²) in [6.45, 7) is 0. The van der Waals surface area contributed by atoms with E-state index in [2.05, 4.69) is 9.97 Å². The van der Waals surface area contributed by atoms with Crippen LogP contribution in [-0.4, -0.2) is 21.0 Å². The molecule has 2 aromatic heterocycles. The number of rotatable bonds is 3. The molecule has 0 radical (unpaired) electrons. The van der Waals surface area contributed by atoms with E-state index >= 15 is 0 Å². The Kier molecular flexibility index (Phi) is 3.10. The van der Waals surface area contributed by atoms with Gasteiger partial charge in [0.15, 0.2) is 5.69 Å². The zero-order valence-electron chi connectivity index (χ0n) is 9.61. The molecule has 0 unspecified atom stereocenters. The van der Waals surface area contributed by atoms with Crippen molar-refractivity contribution in [3.05, 3.63) is 47.7 Å². The van der Waals surface area contributed by atoms with E-state index in [0.717, 1.165) is 10.4 Å². The van der Waals surface area contributed by atoms with Gasteiger partial charge >= 0.3 is 5.97 Å². The van der Waals surface area contributed by atoms with E-state index in [0.29, 0.717) is 9.88 Å². The molecule has 0 bridgehead atoms. The average molecular weight is 288 g/mol. The van der Waals surface area contributed by atoms with E-state index in [1.807, 2.05) is 30.3 Å². The quantitative estimate of drug-likeness (QED) is 0.799. The molecule has 94 valence electrons. The molecule has 3 rings (SSSR count). The first-order valence-electron chi connectivity index (χ1n) is 5.44. The molecule has 0 amide bonds. The second kappa shape index (κ2) is 4.91. The van der Waals surface area contributed by atoms with Crippen molar-refractivity contribution in [1.29, 1.82) is 0 Å². The maximum atomic E-state index is 11.3. The van der Waals surface area contributed by atoms with Gasteiger partial charge in [0.05, 0.1) is 15.3 Å². The number of hydrogen-bond acceptors (Lipinski definition) is 5. The first-order valence-corrected chi connectivity index (χ1v) is 7.13. The van der Waals surface area contributed by atoms with E-state index < -0.39 is 5.97 Å². The fourth-order valence-electron chi connectivity index (χ4n) is 1.68. The van der Waals surface area contributed by atoms with Crippen LogP contribution in [0.2, 0.25) is 0 Å². The van der Waals surface area contributed by atoms with Gasteiger partial charge in [-0.25, -0.2) is 9.78 Å². The third-order valence-electron chi connectivity index (χ3n) is 2.51. The third-order valence-corrected chi connectivity index (χ3v) is 4.56. The van der Waals surface area contributed by atoms with Crippen LogP contribution in [0.4, 0.5) is 0 Å². The second-order valence-corrected chi connectivity index (χ2v) is 5.62. The number of nitrogens with zero attached hydrogens (tertiary/aromatic N) is 2. The van der Waals surface area contributed by atoms with Crippen LogP contribution in [-0.2, 0) is 0 Å². The lowest BCUT2D eigenvalue weighted by Crippen LogP contribution is -1.98. The van der Waals surface area contributed by atoms with Crippen molar-refractivity contribution in [1.82, 2.24) is 9.97 Å². The van der Waals surface area contributed by atoms with E-state index in [1.165, 1.54) is 22.7 Å². The summed E-state index contributed by atoms with van der Waals surface area (Å²) in [6, 6.07) is 9.43. The van der Waals surface area contributed by atoms with Gasteiger partial charge in [-0.2, -0.15) is 0 Å². The molecule has 19 heavy (non-hydrogen) atoms. The van der Waals surface area contributed by atoms with Crippen molar-refractivity contribution >= 4 is 28.6 Å². The van der Waals surface area contributed by atoms with Crippen molar-refractivity contribution < 1.29 is 9.90 Å². The van der Waals surface area contributed by atoms with E-state index in [-0.39, 0.29) is 5.69 Å². The minimum absolute atomic E-state index is 0.0969. The highest BCUT2D eigenvalue weighted by Crippen LogP contribution is 2.36. The summed E-state index contributed by atoms with van der Waals surface area (Å²) >= 11 is 2.83. The van der Waals surface area contributed by atoms with Crippen LogP contribution in [0.1, 0.15) is 10.5 Å². The molecule has 0 aliphatic heterocycles. The van der Waals surface area contributed by atoms with Gasteiger partial charge in [0, 0.05) is 6.20 Å². The zero-order chi connectivity index (χ0) is 13.2. The molecule has 1 N–H and O–H groups in total. The molecule has 2 heterocycles. The molecular formula is C13H8N2O2S2. The predicted molar refractivity (Wildman–Crippen MR) is 75.6 cm³/mol. The smallest absolute Gasteiger partial charge is 0.356 e. The summed E-state index contributed by atoms with van der Waals surface area (Å²) in [5.74, 6) is -1.01. The number of aromatic carboxylic acids is 1. The molecule has 0 spiro atoms. The maximum absolute atomic E-state index is 11.3. The minimum atomic E-state index is -1.01. The van der Waals surface area contributed by atoms with Gasteiger partial charge in [-0.05, 0) is 5.56 Å². The highest BCUT2D eigenvalue weighted by molar-refractivity contribution is 7.23. The molecule has 0 aliphatic carbocycles. The Morgan fingerprint density at radius 1 is 1.21 bits per heavy atom. The number of carbonyl (C=O) groups is 1. The Balaban J connectivity index is 2.16. The Bertz CT molecular complexity index is 706.